The number of ether oxygens (including phenoxy) is 1. The Morgan fingerprint density at radius 3 is 3.00 bits per heavy atom. The van der Waals surface area contributed by atoms with Gasteiger partial charge in [-0.1, -0.05) is 0 Å². The number of aromatic nitrogens is 3. The predicted octanol–water partition coefficient (Wildman–Crippen LogP) is 0.391. The number of anilines is 1. The summed E-state index contributed by atoms with van der Waals surface area (Å²) in [5.41, 5.74) is 0. The largest absolute Gasteiger partial charge is 0.368 e. The first kappa shape index (κ1) is 11.3. The van der Waals surface area contributed by atoms with Crippen molar-refractivity contribution in [2.75, 3.05) is 31.6 Å². The van der Waals surface area contributed by atoms with Crippen molar-refractivity contribution >= 4 is 5.95 Å². The Hall–Kier alpha value is -1.14. The van der Waals surface area contributed by atoms with E-state index in [4.69, 9.17) is 4.74 Å². The number of nitrogens with one attached hydrogen (secondary N) is 2. The number of hydrogen-bond acceptors (Lipinski definition) is 5. The molecule has 0 aromatic carbocycles. The molecule has 6 heteroatoms. The molecule has 0 aliphatic carbocycles. The van der Waals surface area contributed by atoms with Crippen LogP contribution in [0.2, 0.25) is 0 Å². The molecule has 2 heterocycles. The normalized spacial score (nSPS) is 21.0. The molecule has 0 spiro atoms. The zero-order valence-corrected chi connectivity index (χ0v) is 9.86. The summed E-state index contributed by atoms with van der Waals surface area (Å²) in [6.07, 6.45) is 0.0219. The summed E-state index contributed by atoms with van der Waals surface area (Å²) in [5.74, 6) is 1.74. The Kier molecular flexibility index (Phi) is 3.74. The second-order valence-electron chi connectivity index (χ2n) is 3.72. The molecule has 0 amide bonds. The highest BCUT2D eigenvalue weighted by atomic mass is 16.5. The molecule has 1 aromatic heterocycles. The van der Waals surface area contributed by atoms with Crippen molar-refractivity contribution in [2.45, 2.75) is 26.5 Å². The van der Waals surface area contributed by atoms with Gasteiger partial charge in [0.1, 0.15) is 6.10 Å². The van der Waals surface area contributed by atoms with Gasteiger partial charge in [0.05, 0.1) is 6.61 Å². The summed E-state index contributed by atoms with van der Waals surface area (Å²) in [6, 6.07) is 0. The molecule has 1 atom stereocenters. The lowest BCUT2D eigenvalue weighted by molar-refractivity contribution is 0.0199. The van der Waals surface area contributed by atoms with Crippen LogP contribution in [0.1, 0.15) is 25.8 Å². The quantitative estimate of drug-likeness (QED) is 0.776. The Morgan fingerprint density at radius 2 is 2.38 bits per heavy atom. The van der Waals surface area contributed by atoms with Gasteiger partial charge in [-0.15, -0.1) is 10.2 Å². The fourth-order valence-electron chi connectivity index (χ4n) is 1.89. The maximum atomic E-state index is 5.68. The van der Waals surface area contributed by atoms with Gasteiger partial charge in [-0.2, -0.15) is 0 Å². The molecule has 1 saturated heterocycles. The zero-order chi connectivity index (χ0) is 11.4. The van der Waals surface area contributed by atoms with Crippen LogP contribution in [0.4, 0.5) is 5.95 Å². The van der Waals surface area contributed by atoms with Crippen molar-refractivity contribution in [1.29, 1.82) is 0 Å². The molecule has 6 nitrogen and oxygen atoms in total. The van der Waals surface area contributed by atoms with E-state index >= 15 is 0 Å². The molecule has 0 radical (unpaired) electrons. The second-order valence-corrected chi connectivity index (χ2v) is 3.72. The van der Waals surface area contributed by atoms with Gasteiger partial charge in [0.2, 0.25) is 5.95 Å². The van der Waals surface area contributed by atoms with Crippen molar-refractivity contribution in [3.8, 4) is 0 Å². The van der Waals surface area contributed by atoms with E-state index in [1.165, 1.54) is 0 Å². The molecule has 2 N–H and O–H groups in total. The van der Waals surface area contributed by atoms with Gasteiger partial charge in [0, 0.05) is 26.2 Å². The highest BCUT2D eigenvalue weighted by molar-refractivity contribution is 5.26. The molecular weight excluding hydrogens is 206 g/mol. The average molecular weight is 225 g/mol. The standard InChI is InChI=1S/C10H19N5O/c1-3-12-10-14-13-9(15(10)4-2)8-7-11-5-6-16-8/h8,11H,3-7H2,1-2H3,(H,12,14). The molecule has 1 aliphatic heterocycles. The second kappa shape index (κ2) is 5.27. The molecule has 16 heavy (non-hydrogen) atoms. The van der Waals surface area contributed by atoms with Crippen LogP contribution in [0, 0.1) is 0 Å². The minimum atomic E-state index is 0.0219. The van der Waals surface area contributed by atoms with E-state index in [0.717, 1.165) is 44.6 Å². The first-order valence-corrected chi connectivity index (χ1v) is 5.86. The number of hydrogen-bond donors (Lipinski definition) is 2. The summed E-state index contributed by atoms with van der Waals surface area (Å²) < 4.78 is 7.75. The topological polar surface area (TPSA) is 64.0 Å². The molecular formula is C10H19N5O. The molecule has 0 bridgehead atoms. The Morgan fingerprint density at radius 1 is 1.50 bits per heavy atom. The minimum absolute atomic E-state index is 0.0219. The predicted molar refractivity (Wildman–Crippen MR) is 61.4 cm³/mol. The fourth-order valence-corrected chi connectivity index (χ4v) is 1.89. The van der Waals surface area contributed by atoms with Crippen molar-refractivity contribution in [1.82, 2.24) is 20.1 Å². The first-order valence-electron chi connectivity index (χ1n) is 5.86. The van der Waals surface area contributed by atoms with Crippen LogP contribution in [-0.2, 0) is 11.3 Å². The van der Waals surface area contributed by atoms with Gasteiger partial charge in [-0.3, -0.25) is 4.57 Å². The summed E-state index contributed by atoms with van der Waals surface area (Å²) >= 11 is 0. The van der Waals surface area contributed by atoms with E-state index in [9.17, 15) is 0 Å². The highest BCUT2D eigenvalue weighted by Gasteiger charge is 2.22. The van der Waals surface area contributed by atoms with Gasteiger partial charge in [-0.05, 0) is 13.8 Å². The number of rotatable bonds is 4. The van der Waals surface area contributed by atoms with Crippen molar-refractivity contribution in [2.24, 2.45) is 0 Å². The molecule has 1 aromatic rings. The Labute approximate surface area is 95.4 Å². The van der Waals surface area contributed by atoms with Crippen LogP contribution >= 0.6 is 0 Å². The molecule has 1 aliphatic rings. The SMILES string of the molecule is CCNc1nnc(C2CNCCO2)n1CC. The summed E-state index contributed by atoms with van der Waals surface area (Å²) in [5, 5.41) is 14.9. The van der Waals surface area contributed by atoms with Crippen molar-refractivity contribution < 1.29 is 4.74 Å². The molecule has 1 fully saturated rings. The molecule has 1 unspecified atom stereocenters. The van der Waals surface area contributed by atoms with E-state index in [1.807, 2.05) is 6.92 Å². The van der Waals surface area contributed by atoms with Crippen LogP contribution in [0.3, 0.4) is 0 Å². The summed E-state index contributed by atoms with van der Waals surface area (Å²) in [6.45, 7) is 8.29. The summed E-state index contributed by atoms with van der Waals surface area (Å²) in [7, 11) is 0. The average Bonchev–Trinajstić information content (AvgIpc) is 2.73. The van der Waals surface area contributed by atoms with E-state index in [-0.39, 0.29) is 6.10 Å². The number of nitrogens with zero attached hydrogens (tertiary/aromatic N) is 3. The van der Waals surface area contributed by atoms with Gasteiger partial charge in [0.15, 0.2) is 5.82 Å². The van der Waals surface area contributed by atoms with Gasteiger partial charge in [0.25, 0.3) is 0 Å². The lowest BCUT2D eigenvalue weighted by Crippen LogP contribution is -2.34. The highest BCUT2D eigenvalue weighted by Crippen LogP contribution is 2.19. The Balaban J connectivity index is 2.18. The van der Waals surface area contributed by atoms with Crippen molar-refractivity contribution in [3.63, 3.8) is 0 Å². The first-order chi connectivity index (χ1) is 7.86. The Bertz CT molecular complexity index is 332. The third-order valence-corrected chi connectivity index (χ3v) is 2.65. The third kappa shape index (κ3) is 2.17. The molecule has 2 rings (SSSR count). The van der Waals surface area contributed by atoms with Gasteiger partial charge < -0.3 is 15.4 Å². The maximum absolute atomic E-state index is 5.68. The maximum Gasteiger partial charge on any atom is 0.224 e. The van der Waals surface area contributed by atoms with E-state index < -0.39 is 0 Å². The van der Waals surface area contributed by atoms with Gasteiger partial charge in [-0.25, -0.2) is 0 Å². The molecule has 90 valence electrons. The van der Waals surface area contributed by atoms with Crippen LogP contribution in [0.25, 0.3) is 0 Å². The van der Waals surface area contributed by atoms with Crippen LogP contribution < -0.4 is 10.6 Å². The summed E-state index contributed by atoms with van der Waals surface area (Å²) in [4.78, 5) is 0. The van der Waals surface area contributed by atoms with E-state index in [2.05, 4.69) is 32.3 Å². The zero-order valence-electron chi connectivity index (χ0n) is 9.86. The van der Waals surface area contributed by atoms with Crippen molar-refractivity contribution in [3.05, 3.63) is 5.82 Å². The third-order valence-electron chi connectivity index (χ3n) is 2.65. The van der Waals surface area contributed by atoms with E-state index in [0.29, 0.717) is 0 Å². The molecule has 0 saturated carbocycles. The van der Waals surface area contributed by atoms with Crippen LogP contribution in [-0.4, -0.2) is 41.0 Å². The van der Waals surface area contributed by atoms with E-state index in [1.54, 1.807) is 0 Å². The van der Waals surface area contributed by atoms with Crippen LogP contribution in [0.5, 0.6) is 0 Å². The monoisotopic (exact) mass is 225 g/mol. The van der Waals surface area contributed by atoms with Gasteiger partial charge >= 0.3 is 0 Å². The minimum Gasteiger partial charge on any atom is -0.368 e. The lowest BCUT2D eigenvalue weighted by Gasteiger charge is -2.23. The number of morpholine rings is 1. The fraction of sp³-hybridized carbons (Fsp3) is 0.800. The smallest absolute Gasteiger partial charge is 0.224 e. The van der Waals surface area contributed by atoms with Crippen LogP contribution in [0.15, 0.2) is 0 Å². The lowest BCUT2D eigenvalue weighted by atomic mass is 10.3.